The van der Waals surface area contributed by atoms with Crippen LogP contribution in [0.15, 0.2) is 65.0 Å². The van der Waals surface area contributed by atoms with Gasteiger partial charge in [-0.15, -0.1) is 0 Å². The maximum atomic E-state index is 14.1. The van der Waals surface area contributed by atoms with Crippen LogP contribution in [0, 0.1) is 11.8 Å². The number of para-hydroxylation sites is 1. The van der Waals surface area contributed by atoms with Crippen LogP contribution in [-0.2, 0) is 30.4 Å². The van der Waals surface area contributed by atoms with Gasteiger partial charge >= 0.3 is 11.9 Å². The predicted molar refractivity (Wildman–Crippen MR) is 159 cm³/mol. The topological polar surface area (TPSA) is 86.6 Å². The number of ketones is 1. The van der Waals surface area contributed by atoms with Gasteiger partial charge in [0, 0.05) is 57.0 Å². The van der Waals surface area contributed by atoms with E-state index in [1.165, 1.54) is 7.11 Å². The summed E-state index contributed by atoms with van der Waals surface area (Å²) >= 11 is 1.70. The molecule has 2 aliphatic rings. The van der Waals surface area contributed by atoms with Crippen molar-refractivity contribution in [3.8, 4) is 0 Å². The molecule has 8 heteroatoms. The molecular formula is C32H36N2O5S. The van der Waals surface area contributed by atoms with E-state index < -0.39 is 23.8 Å². The molecule has 1 aromatic heterocycles. The Morgan fingerprint density at radius 2 is 1.85 bits per heavy atom. The molecule has 0 fully saturated rings. The number of carbonyl (C=O) groups excluding carboxylic acids is 3. The Morgan fingerprint density at radius 3 is 2.58 bits per heavy atom. The molecule has 2 heterocycles. The second kappa shape index (κ2) is 11.5. The molecular weight excluding hydrogens is 524 g/mol. The van der Waals surface area contributed by atoms with Crippen LogP contribution in [0.2, 0.25) is 0 Å². The van der Waals surface area contributed by atoms with Gasteiger partial charge in [0.25, 0.3) is 0 Å². The number of aromatic nitrogens is 1. The number of thioether (sulfide) groups is 1. The second-order valence-corrected chi connectivity index (χ2v) is 11.8. The molecule has 3 aromatic rings. The number of hydrogen-bond donors (Lipinski definition) is 1. The number of hydrogen-bond acceptors (Lipinski definition) is 7. The first kappa shape index (κ1) is 28.0. The standard InChI is InChI=1S/C32H36N2O5S/c1-6-34-24-11-9-8-10-21(24)22-17-20(12-13-25(22)34)28-27(32(37)39-14-15-40-7-2)19(4)33-23-16-18(3)26(31(36)38-5)30(35)29(23)28/h8-13,17-18,26,28,33H,6-7,14-16H2,1-5H3/t18-,26+,28+/m0/s1. The van der Waals surface area contributed by atoms with Crippen molar-refractivity contribution >= 4 is 51.3 Å². The van der Waals surface area contributed by atoms with E-state index in [2.05, 4.69) is 48.0 Å². The third-order valence-electron chi connectivity index (χ3n) is 8.07. The van der Waals surface area contributed by atoms with E-state index in [1.54, 1.807) is 11.8 Å². The van der Waals surface area contributed by atoms with Crippen LogP contribution < -0.4 is 5.32 Å². The van der Waals surface area contributed by atoms with Crippen molar-refractivity contribution in [2.24, 2.45) is 11.8 Å². The van der Waals surface area contributed by atoms with Gasteiger partial charge in [-0.05, 0) is 55.7 Å². The van der Waals surface area contributed by atoms with Gasteiger partial charge in [0.2, 0.25) is 0 Å². The van der Waals surface area contributed by atoms with Crippen LogP contribution in [0.1, 0.15) is 45.6 Å². The highest BCUT2D eigenvalue weighted by Crippen LogP contribution is 2.46. The fourth-order valence-electron chi connectivity index (χ4n) is 6.29. The Morgan fingerprint density at radius 1 is 1.10 bits per heavy atom. The number of aryl methyl sites for hydroxylation is 1. The third-order valence-corrected chi connectivity index (χ3v) is 8.94. The summed E-state index contributed by atoms with van der Waals surface area (Å²) in [5.41, 5.74) is 5.33. The van der Waals surface area contributed by atoms with E-state index >= 15 is 0 Å². The number of ether oxygens (including phenoxy) is 2. The number of nitrogens with zero attached hydrogens (tertiary/aromatic N) is 1. The van der Waals surface area contributed by atoms with E-state index in [0.29, 0.717) is 29.0 Å². The molecule has 0 spiro atoms. The van der Waals surface area contributed by atoms with Crippen molar-refractivity contribution < 1.29 is 23.9 Å². The molecule has 3 atom stereocenters. The largest absolute Gasteiger partial charge is 0.468 e. The van der Waals surface area contributed by atoms with Crippen LogP contribution in [0.25, 0.3) is 21.8 Å². The fourth-order valence-corrected chi connectivity index (χ4v) is 6.78. The van der Waals surface area contributed by atoms with E-state index in [4.69, 9.17) is 9.47 Å². The lowest BCUT2D eigenvalue weighted by Crippen LogP contribution is -2.43. The van der Waals surface area contributed by atoms with E-state index in [1.807, 2.05) is 32.0 Å². The molecule has 0 radical (unpaired) electrons. The van der Waals surface area contributed by atoms with Gasteiger partial charge < -0.3 is 19.4 Å². The zero-order valence-electron chi connectivity index (χ0n) is 23.7. The van der Waals surface area contributed by atoms with Gasteiger partial charge in [-0.2, -0.15) is 11.8 Å². The van der Waals surface area contributed by atoms with Crippen LogP contribution in [0.4, 0.5) is 0 Å². The number of dihydropyridines is 1. The third kappa shape index (κ3) is 4.72. The number of nitrogens with one attached hydrogen (secondary N) is 1. The summed E-state index contributed by atoms with van der Waals surface area (Å²) in [6.45, 7) is 9.03. The highest BCUT2D eigenvalue weighted by atomic mass is 32.2. The first-order valence-corrected chi connectivity index (χ1v) is 15.1. The number of benzene rings is 2. The van der Waals surface area contributed by atoms with Crippen molar-refractivity contribution in [3.63, 3.8) is 0 Å². The summed E-state index contributed by atoms with van der Waals surface area (Å²) in [6.07, 6.45) is 0.502. The number of carbonyl (C=O) groups is 3. The minimum atomic E-state index is -0.921. The Balaban J connectivity index is 1.68. The summed E-state index contributed by atoms with van der Waals surface area (Å²) in [4.78, 5) is 40.5. The normalized spacial score (nSPS) is 21.0. The summed E-state index contributed by atoms with van der Waals surface area (Å²) in [5, 5.41) is 5.51. The molecule has 0 saturated carbocycles. The molecule has 1 aliphatic carbocycles. The molecule has 0 amide bonds. The first-order chi connectivity index (χ1) is 19.3. The lowest BCUT2D eigenvalue weighted by atomic mass is 9.69. The molecule has 210 valence electrons. The van der Waals surface area contributed by atoms with Crippen molar-refractivity contribution in [1.82, 2.24) is 9.88 Å². The molecule has 5 rings (SSSR count). The Hall–Kier alpha value is -3.52. The molecule has 0 saturated heterocycles. The SMILES string of the molecule is CCSCCOC(=O)C1=C(C)NC2=C(C(=O)[C@H](C(=O)OC)[C@@H](C)C2)[C@@H]1c1ccc2c(c1)c1ccccc1n2CC. The summed E-state index contributed by atoms with van der Waals surface area (Å²) in [6, 6.07) is 14.4. The minimum absolute atomic E-state index is 0.232. The Bertz CT molecular complexity index is 1570. The van der Waals surface area contributed by atoms with Crippen molar-refractivity contribution in [2.45, 2.75) is 46.6 Å². The monoisotopic (exact) mass is 560 g/mol. The average Bonchev–Trinajstić information content (AvgIpc) is 3.27. The molecule has 40 heavy (non-hydrogen) atoms. The number of rotatable bonds is 8. The van der Waals surface area contributed by atoms with Crippen LogP contribution in [-0.4, -0.2) is 47.5 Å². The number of esters is 2. The second-order valence-electron chi connectivity index (χ2n) is 10.4. The molecule has 1 N–H and O–H groups in total. The zero-order chi connectivity index (χ0) is 28.6. The molecule has 0 unspecified atom stereocenters. The summed E-state index contributed by atoms with van der Waals surface area (Å²) in [5.74, 6) is -1.47. The van der Waals surface area contributed by atoms with Gasteiger partial charge in [-0.3, -0.25) is 9.59 Å². The fraction of sp³-hybridized carbons (Fsp3) is 0.406. The predicted octanol–water partition coefficient (Wildman–Crippen LogP) is 5.72. The summed E-state index contributed by atoms with van der Waals surface area (Å²) in [7, 11) is 1.31. The van der Waals surface area contributed by atoms with Crippen LogP contribution >= 0.6 is 11.8 Å². The minimum Gasteiger partial charge on any atom is -0.468 e. The number of Topliss-reactive ketones (excluding diaryl/α,β-unsaturated/α-hetero) is 1. The van der Waals surface area contributed by atoms with E-state index in [-0.39, 0.29) is 18.3 Å². The molecule has 2 aromatic carbocycles. The molecule has 1 aliphatic heterocycles. The van der Waals surface area contributed by atoms with Crippen LogP contribution in [0.5, 0.6) is 0 Å². The van der Waals surface area contributed by atoms with Gasteiger partial charge in [0.1, 0.15) is 12.5 Å². The van der Waals surface area contributed by atoms with E-state index in [9.17, 15) is 14.4 Å². The highest BCUT2D eigenvalue weighted by molar-refractivity contribution is 7.99. The maximum absolute atomic E-state index is 14.1. The number of methoxy groups -OCH3 is 1. The van der Waals surface area contributed by atoms with Crippen LogP contribution in [0.3, 0.4) is 0 Å². The van der Waals surface area contributed by atoms with Crippen molar-refractivity contribution in [3.05, 3.63) is 70.6 Å². The Labute approximate surface area is 239 Å². The number of fused-ring (bicyclic) bond motifs is 3. The van der Waals surface area contributed by atoms with Gasteiger partial charge in [-0.1, -0.05) is 38.1 Å². The smallest absolute Gasteiger partial charge is 0.336 e. The zero-order valence-corrected chi connectivity index (χ0v) is 24.5. The number of allylic oxidation sites excluding steroid dienone is 3. The van der Waals surface area contributed by atoms with E-state index in [0.717, 1.165) is 45.4 Å². The van der Waals surface area contributed by atoms with Crippen molar-refractivity contribution in [1.29, 1.82) is 0 Å². The summed E-state index contributed by atoms with van der Waals surface area (Å²) < 4.78 is 13.0. The quantitative estimate of drug-likeness (QED) is 0.214. The molecule has 7 nitrogen and oxygen atoms in total. The Kier molecular flexibility index (Phi) is 8.08. The lowest BCUT2D eigenvalue weighted by molar-refractivity contribution is -0.151. The van der Waals surface area contributed by atoms with Gasteiger partial charge in [0.15, 0.2) is 5.78 Å². The maximum Gasteiger partial charge on any atom is 0.336 e. The highest BCUT2D eigenvalue weighted by Gasteiger charge is 2.47. The molecule has 0 bridgehead atoms. The first-order valence-electron chi connectivity index (χ1n) is 13.9. The average molecular weight is 561 g/mol. The van der Waals surface area contributed by atoms with Crippen molar-refractivity contribution in [2.75, 3.05) is 25.2 Å². The van der Waals surface area contributed by atoms with Gasteiger partial charge in [-0.25, -0.2) is 4.79 Å². The van der Waals surface area contributed by atoms with Gasteiger partial charge in [0.05, 0.1) is 12.7 Å². The lowest BCUT2D eigenvalue weighted by Gasteiger charge is -2.38.